The molecule has 0 radical (unpaired) electrons. The summed E-state index contributed by atoms with van der Waals surface area (Å²) in [5.74, 6) is -0.117. The van der Waals surface area contributed by atoms with Gasteiger partial charge in [-0.1, -0.05) is 18.2 Å². The Morgan fingerprint density at radius 2 is 2.08 bits per heavy atom. The van der Waals surface area contributed by atoms with Crippen molar-refractivity contribution >= 4 is 11.6 Å². The number of aromatic nitrogens is 3. The zero-order valence-corrected chi connectivity index (χ0v) is 14.5. The Kier molecular flexibility index (Phi) is 3.32. The standard InChI is InChI=1S/C19H20N4O2/c1-12-5-4-6-13-11-22(19(2,3)9-14(12)13)18(25)15-10-21-23-16(24)7-8-20-17(15)23/h4-8,10,21H,9,11H2,1-3H3. The maximum Gasteiger partial charge on any atom is 0.272 e. The van der Waals surface area contributed by atoms with Gasteiger partial charge in [-0.25, -0.2) is 9.50 Å². The summed E-state index contributed by atoms with van der Waals surface area (Å²) < 4.78 is 1.29. The molecule has 0 aliphatic carbocycles. The van der Waals surface area contributed by atoms with Crippen LogP contribution in [0.5, 0.6) is 0 Å². The van der Waals surface area contributed by atoms with Crippen LogP contribution in [0.3, 0.4) is 0 Å². The van der Waals surface area contributed by atoms with E-state index in [1.807, 2.05) is 11.0 Å². The molecule has 1 aliphatic rings. The van der Waals surface area contributed by atoms with Crippen LogP contribution < -0.4 is 5.56 Å². The minimum Gasteiger partial charge on any atom is -0.329 e. The lowest BCUT2D eigenvalue weighted by molar-refractivity contribution is 0.0490. The predicted molar refractivity (Wildman–Crippen MR) is 94.6 cm³/mol. The van der Waals surface area contributed by atoms with Crippen molar-refractivity contribution in [3.63, 3.8) is 0 Å². The molecule has 1 aliphatic heterocycles. The monoisotopic (exact) mass is 336 g/mol. The number of fused-ring (bicyclic) bond motifs is 2. The van der Waals surface area contributed by atoms with E-state index in [9.17, 15) is 9.59 Å². The van der Waals surface area contributed by atoms with Crippen LogP contribution in [0.25, 0.3) is 5.65 Å². The number of benzene rings is 1. The maximum absolute atomic E-state index is 13.2. The summed E-state index contributed by atoms with van der Waals surface area (Å²) in [5, 5.41) is 2.83. The van der Waals surface area contributed by atoms with Gasteiger partial charge < -0.3 is 4.90 Å². The molecule has 0 spiro atoms. The average molecular weight is 336 g/mol. The van der Waals surface area contributed by atoms with Crippen LogP contribution in [0.2, 0.25) is 0 Å². The molecule has 0 unspecified atom stereocenters. The lowest BCUT2D eigenvalue weighted by Crippen LogP contribution is -2.51. The van der Waals surface area contributed by atoms with E-state index in [1.54, 1.807) is 6.20 Å². The summed E-state index contributed by atoms with van der Waals surface area (Å²) in [6.07, 6.45) is 3.80. The van der Waals surface area contributed by atoms with Gasteiger partial charge in [0.15, 0.2) is 5.65 Å². The number of aryl methyl sites for hydroxylation is 1. The Hall–Kier alpha value is -2.89. The number of aromatic amines is 1. The second kappa shape index (κ2) is 5.31. The smallest absolute Gasteiger partial charge is 0.272 e. The number of hydrogen-bond donors (Lipinski definition) is 1. The van der Waals surface area contributed by atoms with Crippen LogP contribution in [0.4, 0.5) is 0 Å². The van der Waals surface area contributed by atoms with Crippen molar-refractivity contribution in [2.24, 2.45) is 0 Å². The second-order valence-electron chi connectivity index (χ2n) is 7.22. The fourth-order valence-corrected chi connectivity index (χ4v) is 3.64. The molecule has 0 bridgehead atoms. The van der Waals surface area contributed by atoms with E-state index in [2.05, 4.69) is 43.0 Å². The third-order valence-corrected chi connectivity index (χ3v) is 5.08. The van der Waals surface area contributed by atoms with Crippen LogP contribution >= 0.6 is 0 Å². The van der Waals surface area contributed by atoms with E-state index in [0.29, 0.717) is 17.8 Å². The molecule has 0 fully saturated rings. The predicted octanol–water partition coefficient (Wildman–Crippen LogP) is 2.31. The molecule has 0 saturated heterocycles. The summed E-state index contributed by atoms with van der Waals surface area (Å²) >= 11 is 0. The first kappa shape index (κ1) is 15.6. The highest BCUT2D eigenvalue weighted by molar-refractivity contribution is 6.00. The van der Waals surface area contributed by atoms with Crippen molar-refractivity contribution in [2.45, 2.75) is 39.3 Å². The van der Waals surface area contributed by atoms with Crippen LogP contribution in [-0.2, 0) is 13.0 Å². The molecule has 4 rings (SSSR count). The molecular weight excluding hydrogens is 316 g/mol. The van der Waals surface area contributed by atoms with Crippen molar-refractivity contribution in [3.8, 4) is 0 Å². The van der Waals surface area contributed by atoms with E-state index >= 15 is 0 Å². The number of H-pyrrole nitrogens is 1. The molecule has 6 nitrogen and oxygen atoms in total. The number of carbonyl (C=O) groups is 1. The van der Waals surface area contributed by atoms with Crippen LogP contribution in [0.1, 0.15) is 40.9 Å². The molecule has 0 saturated carbocycles. The Labute approximate surface area is 145 Å². The lowest BCUT2D eigenvalue weighted by Gasteiger charge is -2.43. The Morgan fingerprint density at radius 3 is 2.88 bits per heavy atom. The fourth-order valence-electron chi connectivity index (χ4n) is 3.64. The van der Waals surface area contributed by atoms with Crippen molar-refractivity contribution in [1.82, 2.24) is 19.5 Å². The third-order valence-electron chi connectivity index (χ3n) is 5.08. The SMILES string of the molecule is Cc1cccc2c1CC(C)(C)N(C(=O)c1c[nH]n3c(=O)ccnc13)C2. The van der Waals surface area contributed by atoms with Crippen molar-refractivity contribution < 1.29 is 4.79 Å². The van der Waals surface area contributed by atoms with Gasteiger partial charge >= 0.3 is 0 Å². The van der Waals surface area contributed by atoms with E-state index < -0.39 is 0 Å². The van der Waals surface area contributed by atoms with Gasteiger partial charge in [-0.3, -0.25) is 14.7 Å². The third kappa shape index (κ3) is 2.36. The lowest BCUT2D eigenvalue weighted by atomic mass is 9.83. The summed E-state index contributed by atoms with van der Waals surface area (Å²) in [6, 6.07) is 7.59. The van der Waals surface area contributed by atoms with Crippen molar-refractivity contribution in [1.29, 1.82) is 0 Å². The van der Waals surface area contributed by atoms with E-state index in [0.717, 1.165) is 6.42 Å². The largest absolute Gasteiger partial charge is 0.329 e. The topological polar surface area (TPSA) is 70.5 Å². The quantitative estimate of drug-likeness (QED) is 0.741. The highest BCUT2D eigenvalue weighted by atomic mass is 16.2. The Bertz CT molecular complexity index is 1050. The zero-order valence-electron chi connectivity index (χ0n) is 14.5. The first-order chi connectivity index (χ1) is 11.9. The molecule has 6 heteroatoms. The summed E-state index contributed by atoms with van der Waals surface area (Å²) in [4.78, 5) is 31.2. The fraction of sp³-hybridized carbons (Fsp3) is 0.316. The first-order valence-electron chi connectivity index (χ1n) is 8.33. The van der Waals surface area contributed by atoms with Gasteiger partial charge in [-0.2, -0.15) is 0 Å². The molecular formula is C19H20N4O2. The van der Waals surface area contributed by atoms with Gasteiger partial charge in [0.2, 0.25) is 0 Å². The van der Waals surface area contributed by atoms with Gasteiger partial charge in [-0.15, -0.1) is 0 Å². The molecule has 128 valence electrons. The highest BCUT2D eigenvalue weighted by Crippen LogP contribution is 2.33. The molecule has 3 aromatic rings. The number of amides is 1. The normalized spacial score (nSPS) is 16.0. The van der Waals surface area contributed by atoms with Gasteiger partial charge in [0.25, 0.3) is 11.5 Å². The molecule has 3 heterocycles. The Morgan fingerprint density at radius 1 is 1.28 bits per heavy atom. The molecule has 1 aromatic carbocycles. The molecule has 0 atom stereocenters. The summed E-state index contributed by atoms with van der Waals surface area (Å²) in [6.45, 7) is 6.82. The van der Waals surface area contributed by atoms with Crippen LogP contribution in [0, 0.1) is 6.92 Å². The second-order valence-corrected chi connectivity index (χ2v) is 7.22. The van der Waals surface area contributed by atoms with E-state index in [1.165, 1.54) is 33.5 Å². The van der Waals surface area contributed by atoms with Gasteiger partial charge in [-0.05, 0) is 43.9 Å². The van der Waals surface area contributed by atoms with Crippen LogP contribution in [0.15, 0.2) is 41.5 Å². The summed E-state index contributed by atoms with van der Waals surface area (Å²) in [7, 11) is 0. The minimum absolute atomic E-state index is 0.117. The number of nitrogens with zero attached hydrogens (tertiary/aromatic N) is 3. The van der Waals surface area contributed by atoms with Crippen molar-refractivity contribution in [3.05, 3.63) is 69.3 Å². The number of carbonyl (C=O) groups excluding carboxylic acids is 1. The molecule has 1 N–H and O–H groups in total. The summed E-state index contributed by atoms with van der Waals surface area (Å²) in [5.41, 5.74) is 3.99. The number of nitrogens with one attached hydrogen (secondary N) is 1. The van der Waals surface area contributed by atoms with E-state index in [-0.39, 0.29) is 17.0 Å². The average Bonchev–Trinajstić information content (AvgIpc) is 3.00. The van der Waals surface area contributed by atoms with Gasteiger partial charge in [0.05, 0.1) is 0 Å². The molecule has 25 heavy (non-hydrogen) atoms. The minimum atomic E-state index is -0.320. The van der Waals surface area contributed by atoms with Gasteiger partial charge in [0.1, 0.15) is 5.56 Å². The number of hydrogen-bond acceptors (Lipinski definition) is 3. The van der Waals surface area contributed by atoms with Crippen LogP contribution in [-0.4, -0.2) is 30.9 Å². The maximum atomic E-state index is 13.2. The van der Waals surface area contributed by atoms with E-state index in [4.69, 9.17) is 0 Å². The zero-order chi connectivity index (χ0) is 17.8. The Balaban J connectivity index is 1.79. The first-order valence-corrected chi connectivity index (χ1v) is 8.33. The van der Waals surface area contributed by atoms with Gasteiger partial charge in [0, 0.05) is 30.5 Å². The molecule has 1 amide bonds. The number of rotatable bonds is 1. The molecule has 2 aromatic heterocycles. The van der Waals surface area contributed by atoms with Crippen molar-refractivity contribution in [2.75, 3.05) is 0 Å². The highest BCUT2D eigenvalue weighted by Gasteiger charge is 2.37.